The molecule has 0 amide bonds. The topological polar surface area (TPSA) is 55.1 Å². The second-order valence-corrected chi connectivity index (χ2v) is 5.08. The minimum Gasteiger partial charge on any atom is -0.491 e. The molecule has 1 aliphatic carbocycles. The molecule has 0 unspecified atom stereocenters. The number of nitriles is 1. The zero-order chi connectivity index (χ0) is 14.7. The monoisotopic (exact) mass is 280 g/mol. The van der Waals surface area contributed by atoms with E-state index in [2.05, 4.69) is 35.3 Å². The molecule has 4 nitrogen and oxygen atoms in total. The smallest absolute Gasteiger partial charge is 0.179 e. The van der Waals surface area contributed by atoms with Crippen LogP contribution in [0.4, 0.5) is 0 Å². The first kappa shape index (κ1) is 13.4. The number of methoxy groups -OCH3 is 1. The number of fused-ring (bicyclic) bond motifs is 1. The Bertz CT molecular complexity index is 666. The highest BCUT2D eigenvalue weighted by atomic mass is 16.5. The molecule has 0 saturated carbocycles. The van der Waals surface area contributed by atoms with E-state index in [1.165, 1.54) is 11.1 Å². The lowest BCUT2D eigenvalue weighted by atomic mass is 10.1. The van der Waals surface area contributed by atoms with Crippen LogP contribution < -0.4 is 9.47 Å². The first-order valence-electron chi connectivity index (χ1n) is 6.93. The molecule has 0 atom stereocenters. The van der Waals surface area contributed by atoms with Crippen LogP contribution in [-0.4, -0.2) is 18.2 Å². The van der Waals surface area contributed by atoms with Gasteiger partial charge in [-0.3, -0.25) is 4.98 Å². The van der Waals surface area contributed by atoms with E-state index in [0.29, 0.717) is 17.2 Å². The summed E-state index contributed by atoms with van der Waals surface area (Å²) >= 11 is 0. The highest BCUT2D eigenvalue weighted by molar-refractivity contribution is 5.41. The Hall–Kier alpha value is -2.54. The van der Waals surface area contributed by atoms with Crippen LogP contribution >= 0.6 is 0 Å². The standard InChI is InChI=1S/C17H16N2O2/c1-20-17-11-19-14(6-7-18)10-16(17)21-15-8-12-4-2-3-5-13(12)9-15/h2-5,10-11,15H,6,8-9H2,1H3. The summed E-state index contributed by atoms with van der Waals surface area (Å²) in [5.74, 6) is 1.27. The summed E-state index contributed by atoms with van der Waals surface area (Å²) in [7, 11) is 1.59. The van der Waals surface area contributed by atoms with Gasteiger partial charge in [-0.2, -0.15) is 5.26 Å². The molecule has 2 aromatic rings. The van der Waals surface area contributed by atoms with Gasteiger partial charge in [0.25, 0.3) is 0 Å². The van der Waals surface area contributed by atoms with Crippen molar-refractivity contribution in [2.24, 2.45) is 0 Å². The molecule has 1 aromatic carbocycles. The summed E-state index contributed by atoms with van der Waals surface area (Å²) in [5, 5.41) is 8.78. The van der Waals surface area contributed by atoms with E-state index in [1.807, 2.05) is 0 Å². The van der Waals surface area contributed by atoms with E-state index < -0.39 is 0 Å². The molecule has 106 valence electrons. The predicted molar refractivity (Wildman–Crippen MR) is 78.4 cm³/mol. The molecule has 0 fully saturated rings. The van der Waals surface area contributed by atoms with E-state index in [1.54, 1.807) is 19.4 Å². The molecular weight excluding hydrogens is 264 g/mol. The number of ether oxygens (including phenoxy) is 2. The van der Waals surface area contributed by atoms with E-state index in [0.717, 1.165) is 12.8 Å². The second-order valence-electron chi connectivity index (χ2n) is 5.08. The van der Waals surface area contributed by atoms with Gasteiger partial charge in [-0.15, -0.1) is 0 Å². The number of nitrogens with zero attached hydrogens (tertiary/aromatic N) is 2. The van der Waals surface area contributed by atoms with Gasteiger partial charge in [-0.25, -0.2) is 0 Å². The molecule has 4 heteroatoms. The van der Waals surface area contributed by atoms with Gasteiger partial charge in [0.15, 0.2) is 11.5 Å². The summed E-state index contributed by atoms with van der Waals surface area (Å²) < 4.78 is 11.4. The van der Waals surface area contributed by atoms with Crippen LogP contribution in [0.25, 0.3) is 0 Å². The molecule has 0 radical (unpaired) electrons. The Morgan fingerprint density at radius 3 is 2.57 bits per heavy atom. The molecule has 0 aliphatic heterocycles. The van der Waals surface area contributed by atoms with Gasteiger partial charge in [0.2, 0.25) is 0 Å². The highest BCUT2D eigenvalue weighted by Gasteiger charge is 2.23. The van der Waals surface area contributed by atoms with Crippen molar-refractivity contribution in [3.05, 3.63) is 53.3 Å². The van der Waals surface area contributed by atoms with Crippen LogP contribution in [0.15, 0.2) is 36.5 Å². The average Bonchev–Trinajstić information content (AvgIpc) is 2.90. The van der Waals surface area contributed by atoms with Crippen molar-refractivity contribution in [3.8, 4) is 17.6 Å². The van der Waals surface area contributed by atoms with Gasteiger partial charge in [0.1, 0.15) is 6.10 Å². The number of hydrogen-bond donors (Lipinski definition) is 0. The molecule has 1 aromatic heterocycles. The molecule has 0 bridgehead atoms. The summed E-state index contributed by atoms with van der Waals surface area (Å²) in [5.41, 5.74) is 3.38. The largest absolute Gasteiger partial charge is 0.491 e. The maximum Gasteiger partial charge on any atom is 0.179 e. The second kappa shape index (κ2) is 5.84. The molecule has 0 spiro atoms. The average molecular weight is 280 g/mol. The Balaban J connectivity index is 1.79. The first-order chi connectivity index (χ1) is 10.3. The van der Waals surface area contributed by atoms with Crippen molar-refractivity contribution in [2.75, 3.05) is 7.11 Å². The van der Waals surface area contributed by atoms with Crippen molar-refractivity contribution in [2.45, 2.75) is 25.4 Å². The maximum absolute atomic E-state index is 8.78. The van der Waals surface area contributed by atoms with E-state index in [4.69, 9.17) is 14.7 Å². The molecule has 21 heavy (non-hydrogen) atoms. The summed E-state index contributed by atoms with van der Waals surface area (Å²) in [4.78, 5) is 4.19. The van der Waals surface area contributed by atoms with Crippen LogP contribution in [-0.2, 0) is 19.3 Å². The van der Waals surface area contributed by atoms with Gasteiger partial charge < -0.3 is 9.47 Å². The molecular formula is C17H16N2O2. The Morgan fingerprint density at radius 1 is 1.24 bits per heavy atom. The summed E-state index contributed by atoms with van der Waals surface area (Å²) in [6, 6.07) is 12.3. The summed E-state index contributed by atoms with van der Waals surface area (Å²) in [6.45, 7) is 0. The number of aromatic nitrogens is 1. The number of pyridine rings is 1. The molecule has 1 heterocycles. The highest BCUT2D eigenvalue weighted by Crippen LogP contribution is 2.31. The fourth-order valence-electron chi connectivity index (χ4n) is 2.67. The lowest BCUT2D eigenvalue weighted by Gasteiger charge is -2.16. The van der Waals surface area contributed by atoms with Crippen molar-refractivity contribution in [1.29, 1.82) is 5.26 Å². The molecule has 0 saturated heterocycles. The fraction of sp³-hybridized carbons (Fsp3) is 0.294. The predicted octanol–water partition coefficient (Wildman–Crippen LogP) is 2.70. The number of rotatable bonds is 4. The van der Waals surface area contributed by atoms with Crippen molar-refractivity contribution < 1.29 is 9.47 Å². The third kappa shape index (κ3) is 2.82. The van der Waals surface area contributed by atoms with Crippen LogP contribution in [0.1, 0.15) is 16.8 Å². The van der Waals surface area contributed by atoms with Crippen LogP contribution in [0.3, 0.4) is 0 Å². The maximum atomic E-state index is 8.78. The van der Waals surface area contributed by atoms with Gasteiger partial charge in [-0.1, -0.05) is 24.3 Å². The molecule has 0 N–H and O–H groups in total. The van der Waals surface area contributed by atoms with Gasteiger partial charge >= 0.3 is 0 Å². The third-order valence-electron chi connectivity index (χ3n) is 3.68. The summed E-state index contributed by atoms with van der Waals surface area (Å²) in [6.07, 6.45) is 3.79. The van der Waals surface area contributed by atoms with Crippen LogP contribution in [0.2, 0.25) is 0 Å². The molecule has 3 rings (SSSR count). The van der Waals surface area contributed by atoms with E-state index in [-0.39, 0.29) is 12.5 Å². The third-order valence-corrected chi connectivity index (χ3v) is 3.68. The van der Waals surface area contributed by atoms with Gasteiger partial charge in [-0.05, 0) is 11.1 Å². The van der Waals surface area contributed by atoms with E-state index >= 15 is 0 Å². The van der Waals surface area contributed by atoms with Gasteiger partial charge in [0.05, 0.1) is 31.5 Å². The van der Waals surface area contributed by atoms with Crippen LogP contribution in [0, 0.1) is 11.3 Å². The minimum atomic E-state index is 0.105. The normalized spacial score (nSPS) is 13.5. The first-order valence-corrected chi connectivity index (χ1v) is 6.93. The zero-order valence-electron chi connectivity index (χ0n) is 11.9. The van der Waals surface area contributed by atoms with Crippen molar-refractivity contribution >= 4 is 0 Å². The lowest BCUT2D eigenvalue weighted by molar-refractivity contribution is 0.203. The zero-order valence-corrected chi connectivity index (χ0v) is 11.9. The Kier molecular flexibility index (Phi) is 3.74. The van der Waals surface area contributed by atoms with E-state index in [9.17, 15) is 0 Å². The Labute approximate surface area is 124 Å². The lowest BCUT2D eigenvalue weighted by Crippen LogP contribution is -2.17. The SMILES string of the molecule is COc1cnc(CC#N)cc1OC1Cc2ccccc2C1. The number of hydrogen-bond acceptors (Lipinski definition) is 4. The number of benzene rings is 1. The molecule has 1 aliphatic rings. The van der Waals surface area contributed by atoms with Crippen molar-refractivity contribution in [1.82, 2.24) is 4.98 Å². The minimum absolute atomic E-state index is 0.105. The fourth-order valence-corrected chi connectivity index (χ4v) is 2.67. The van der Waals surface area contributed by atoms with Crippen molar-refractivity contribution in [3.63, 3.8) is 0 Å². The van der Waals surface area contributed by atoms with Gasteiger partial charge in [0, 0.05) is 18.9 Å². The quantitative estimate of drug-likeness (QED) is 0.864. The Morgan fingerprint density at radius 2 is 1.95 bits per heavy atom. The van der Waals surface area contributed by atoms with Crippen LogP contribution in [0.5, 0.6) is 11.5 Å².